The Morgan fingerprint density at radius 1 is 1.29 bits per heavy atom. The molecule has 0 radical (unpaired) electrons. The fraction of sp³-hybridized carbons (Fsp3) is 0.654. The van der Waals surface area contributed by atoms with Gasteiger partial charge in [0.15, 0.2) is 0 Å². The maximum atomic E-state index is 12.9. The van der Waals surface area contributed by atoms with E-state index in [1.54, 1.807) is 0 Å². The molecule has 1 saturated carbocycles. The minimum Gasteiger partial charge on any atom is -0.461 e. The van der Waals surface area contributed by atoms with Crippen molar-refractivity contribution in [1.29, 1.82) is 0 Å². The molecule has 0 amide bonds. The normalized spacial score (nSPS) is 38.3. The average Bonchev–Trinajstić information content (AvgIpc) is 3.06. The maximum absolute atomic E-state index is 12.9. The Labute approximate surface area is 186 Å². The van der Waals surface area contributed by atoms with Gasteiger partial charge in [0.25, 0.3) is 0 Å². The van der Waals surface area contributed by atoms with Crippen LogP contribution in [0.4, 0.5) is 5.69 Å². The van der Waals surface area contributed by atoms with Crippen molar-refractivity contribution in [3.05, 3.63) is 41.5 Å². The van der Waals surface area contributed by atoms with Gasteiger partial charge in [0.1, 0.15) is 12.0 Å². The van der Waals surface area contributed by atoms with Crippen LogP contribution >= 0.6 is 0 Å². The molecule has 2 aliphatic carbocycles. The molecule has 6 atom stereocenters. The van der Waals surface area contributed by atoms with Gasteiger partial charge in [-0.2, -0.15) is 0 Å². The van der Waals surface area contributed by atoms with Crippen LogP contribution in [0.5, 0.6) is 0 Å². The lowest BCUT2D eigenvalue weighted by atomic mass is 9.55. The van der Waals surface area contributed by atoms with E-state index in [0.29, 0.717) is 5.92 Å². The van der Waals surface area contributed by atoms with Crippen molar-refractivity contribution in [3.63, 3.8) is 0 Å². The molecule has 2 saturated heterocycles. The Morgan fingerprint density at radius 2 is 2.06 bits per heavy atom. The Morgan fingerprint density at radius 3 is 2.81 bits per heavy atom. The van der Waals surface area contributed by atoms with Gasteiger partial charge in [0, 0.05) is 23.4 Å². The van der Waals surface area contributed by atoms with E-state index in [9.17, 15) is 9.90 Å². The summed E-state index contributed by atoms with van der Waals surface area (Å²) in [6.45, 7) is 11.4. The fourth-order valence-corrected chi connectivity index (χ4v) is 6.72. The molecule has 4 aliphatic rings. The first-order chi connectivity index (χ1) is 14.9. The number of quaternary nitrogens is 1. The molecule has 5 heteroatoms. The summed E-state index contributed by atoms with van der Waals surface area (Å²) in [5.41, 5.74) is 3.68. The number of ether oxygens (including phenoxy) is 1. The summed E-state index contributed by atoms with van der Waals surface area (Å²) in [4.78, 5) is 16.8. The van der Waals surface area contributed by atoms with Crippen molar-refractivity contribution < 1.29 is 19.5 Å². The number of aryl methyl sites for hydroxylation is 1. The number of esters is 1. The summed E-state index contributed by atoms with van der Waals surface area (Å²) >= 11 is 0. The molecule has 3 fully saturated rings. The van der Waals surface area contributed by atoms with E-state index >= 15 is 0 Å². The number of rotatable bonds is 3. The van der Waals surface area contributed by atoms with E-state index in [1.165, 1.54) is 21.7 Å². The average molecular weight is 426 g/mol. The van der Waals surface area contributed by atoms with Gasteiger partial charge < -0.3 is 19.6 Å². The quantitative estimate of drug-likeness (QED) is 0.575. The van der Waals surface area contributed by atoms with Crippen LogP contribution in [-0.2, 0) is 9.53 Å². The zero-order valence-corrected chi connectivity index (χ0v) is 19.1. The first-order valence-electron chi connectivity index (χ1n) is 12.1. The summed E-state index contributed by atoms with van der Waals surface area (Å²) in [5, 5.41) is 11.5. The molecule has 168 valence electrons. The first-order valence-corrected chi connectivity index (χ1v) is 12.1. The molecule has 0 unspecified atom stereocenters. The molecule has 0 spiro atoms. The van der Waals surface area contributed by atoms with Crippen molar-refractivity contribution in [2.75, 3.05) is 37.6 Å². The van der Waals surface area contributed by atoms with E-state index in [2.05, 4.69) is 56.0 Å². The molecule has 2 heterocycles. The predicted octanol–water partition coefficient (Wildman–Crippen LogP) is 1.98. The van der Waals surface area contributed by atoms with Gasteiger partial charge in [-0.1, -0.05) is 37.6 Å². The SMILES string of the molecule is Cc1cccc(N2CC[NH+](C[C@@H]3C(=O)O[C@H]4CC5=CCC[C@H](C)[C@]5(C)[C@H](O)[C@@H]43)CC2)c1. The van der Waals surface area contributed by atoms with Crippen molar-refractivity contribution in [2.45, 2.75) is 52.2 Å². The van der Waals surface area contributed by atoms with E-state index in [1.807, 2.05) is 0 Å². The fourth-order valence-electron chi connectivity index (χ4n) is 6.72. The molecule has 5 rings (SSSR count). The van der Waals surface area contributed by atoms with Crippen LogP contribution in [-0.4, -0.2) is 56.0 Å². The number of carbonyl (C=O) groups is 1. The second-order valence-electron chi connectivity index (χ2n) is 10.6. The number of aliphatic hydroxyl groups excluding tert-OH is 1. The van der Waals surface area contributed by atoms with E-state index in [4.69, 9.17) is 4.74 Å². The topological polar surface area (TPSA) is 54.2 Å². The van der Waals surface area contributed by atoms with Crippen molar-refractivity contribution in [1.82, 2.24) is 0 Å². The lowest BCUT2D eigenvalue weighted by Crippen LogP contribution is -3.15. The highest BCUT2D eigenvalue weighted by atomic mass is 16.6. The Balaban J connectivity index is 1.28. The van der Waals surface area contributed by atoms with Gasteiger partial charge in [0.05, 0.1) is 38.8 Å². The van der Waals surface area contributed by atoms with E-state index in [-0.39, 0.29) is 29.3 Å². The lowest BCUT2D eigenvalue weighted by molar-refractivity contribution is -0.903. The monoisotopic (exact) mass is 425 g/mol. The number of piperazine rings is 1. The standard InChI is InChI=1S/C26H36N2O3/c1-17-6-4-9-20(14-17)28-12-10-27(11-13-28)16-21-23-22(31-25(21)30)15-19-8-5-7-18(2)26(19,3)24(23)29/h4,6,8-9,14,18,21-24,29H,5,7,10-13,15-16H2,1-3H3/p+1/t18-,21-,22-,23+,24+,26-/m0/s1. The largest absolute Gasteiger partial charge is 0.461 e. The number of benzene rings is 1. The highest BCUT2D eigenvalue weighted by Gasteiger charge is 2.60. The molecule has 1 aromatic rings. The molecular weight excluding hydrogens is 388 g/mol. The Bertz CT molecular complexity index is 875. The number of nitrogens with one attached hydrogen (secondary N) is 1. The highest BCUT2D eigenvalue weighted by Crippen LogP contribution is 2.55. The number of nitrogens with zero attached hydrogens (tertiary/aromatic N) is 1. The summed E-state index contributed by atoms with van der Waals surface area (Å²) in [5.74, 6) is 0.0914. The second-order valence-corrected chi connectivity index (χ2v) is 10.6. The van der Waals surface area contributed by atoms with Crippen LogP contribution in [0.25, 0.3) is 0 Å². The smallest absolute Gasteiger partial charge is 0.315 e. The van der Waals surface area contributed by atoms with Crippen LogP contribution in [0, 0.1) is 30.1 Å². The molecule has 2 N–H and O–H groups in total. The summed E-state index contributed by atoms with van der Waals surface area (Å²) in [6, 6.07) is 8.70. The molecular formula is C26H37N2O3+. The van der Waals surface area contributed by atoms with Gasteiger partial charge in [0.2, 0.25) is 0 Å². The zero-order chi connectivity index (χ0) is 21.8. The minimum absolute atomic E-state index is 0.0718. The van der Waals surface area contributed by atoms with Crippen LogP contribution in [0.1, 0.15) is 38.7 Å². The van der Waals surface area contributed by atoms with Gasteiger partial charge in [-0.3, -0.25) is 4.79 Å². The number of aliphatic hydroxyl groups is 1. The van der Waals surface area contributed by atoms with E-state index < -0.39 is 6.10 Å². The molecule has 5 nitrogen and oxygen atoms in total. The third kappa shape index (κ3) is 3.50. The Hall–Kier alpha value is -1.85. The summed E-state index contributed by atoms with van der Waals surface area (Å²) in [7, 11) is 0. The predicted molar refractivity (Wildman–Crippen MR) is 121 cm³/mol. The molecule has 0 aromatic heterocycles. The zero-order valence-electron chi connectivity index (χ0n) is 19.1. The van der Waals surface area contributed by atoms with Crippen LogP contribution in [0.3, 0.4) is 0 Å². The third-order valence-electron chi connectivity index (χ3n) is 8.92. The van der Waals surface area contributed by atoms with Crippen LogP contribution in [0.15, 0.2) is 35.9 Å². The minimum atomic E-state index is -0.503. The third-order valence-corrected chi connectivity index (χ3v) is 8.92. The van der Waals surface area contributed by atoms with Gasteiger partial charge in [-0.25, -0.2) is 0 Å². The maximum Gasteiger partial charge on any atom is 0.315 e. The van der Waals surface area contributed by atoms with Gasteiger partial charge in [-0.15, -0.1) is 0 Å². The molecule has 31 heavy (non-hydrogen) atoms. The highest BCUT2D eigenvalue weighted by molar-refractivity contribution is 5.76. The molecule has 0 bridgehead atoms. The summed E-state index contributed by atoms with van der Waals surface area (Å²) in [6.07, 6.45) is 4.64. The van der Waals surface area contributed by atoms with Crippen molar-refractivity contribution in [2.24, 2.45) is 23.2 Å². The van der Waals surface area contributed by atoms with Gasteiger partial charge >= 0.3 is 5.97 Å². The second kappa shape index (κ2) is 7.93. The van der Waals surface area contributed by atoms with Crippen LogP contribution < -0.4 is 9.80 Å². The van der Waals surface area contributed by atoms with Crippen molar-refractivity contribution in [3.8, 4) is 0 Å². The van der Waals surface area contributed by atoms with E-state index in [0.717, 1.165) is 52.0 Å². The molecule has 2 aliphatic heterocycles. The number of fused-ring (bicyclic) bond motifs is 2. The number of carbonyl (C=O) groups excluding carboxylic acids is 1. The number of allylic oxidation sites excluding steroid dienone is 1. The number of anilines is 1. The summed E-state index contributed by atoms with van der Waals surface area (Å²) < 4.78 is 5.86. The Kier molecular flexibility index (Phi) is 5.38. The first kappa shape index (κ1) is 21.0. The van der Waals surface area contributed by atoms with Gasteiger partial charge in [-0.05, 0) is 43.4 Å². The number of hydrogen-bond donors (Lipinski definition) is 2. The molecule has 1 aromatic carbocycles. The lowest BCUT2D eigenvalue weighted by Gasteiger charge is -2.51. The van der Waals surface area contributed by atoms with Crippen LogP contribution in [0.2, 0.25) is 0 Å². The number of hydrogen-bond acceptors (Lipinski definition) is 4. The van der Waals surface area contributed by atoms with Crippen molar-refractivity contribution >= 4 is 11.7 Å².